The summed E-state index contributed by atoms with van der Waals surface area (Å²) in [7, 11) is 0. The van der Waals surface area contributed by atoms with Gasteiger partial charge in [0, 0.05) is 37.9 Å². The molecule has 1 fully saturated rings. The highest BCUT2D eigenvalue weighted by atomic mass is 19.1. The van der Waals surface area contributed by atoms with Gasteiger partial charge in [0.2, 0.25) is 5.91 Å². The number of hydrogen-bond acceptors (Lipinski definition) is 5. The summed E-state index contributed by atoms with van der Waals surface area (Å²) in [5, 5.41) is 13.2. The summed E-state index contributed by atoms with van der Waals surface area (Å²) in [6.07, 6.45) is -0.719. The Morgan fingerprint density at radius 2 is 1.97 bits per heavy atom. The van der Waals surface area contributed by atoms with E-state index in [0.717, 1.165) is 30.9 Å². The minimum atomic E-state index is -0.719. The first-order chi connectivity index (χ1) is 14.4. The number of carbonyl (C=O) groups excluding carboxylic acids is 1. The molecule has 30 heavy (non-hydrogen) atoms. The molecule has 0 bridgehead atoms. The normalized spacial score (nSPS) is 18.7. The van der Waals surface area contributed by atoms with Crippen molar-refractivity contribution in [2.75, 3.05) is 44.6 Å². The van der Waals surface area contributed by atoms with Crippen LogP contribution in [0.5, 0.6) is 5.75 Å². The van der Waals surface area contributed by atoms with Crippen molar-refractivity contribution in [3.8, 4) is 5.75 Å². The Kier molecular flexibility index (Phi) is 7.79. The van der Waals surface area contributed by atoms with Gasteiger partial charge in [0.1, 0.15) is 12.7 Å². The number of aliphatic hydroxyl groups is 1. The van der Waals surface area contributed by atoms with Crippen LogP contribution >= 0.6 is 0 Å². The van der Waals surface area contributed by atoms with Gasteiger partial charge in [0.25, 0.3) is 0 Å². The number of piperazine rings is 1. The van der Waals surface area contributed by atoms with E-state index >= 15 is 0 Å². The molecule has 1 heterocycles. The molecule has 1 aliphatic heterocycles. The van der Waals surface area contributed by atoms with Gasteiger partial charge in [0.15, 0.2) is 11.6 Å². The number of ether oxygens (including phenoxy) is 1. The molecule has 0 radical (unpaired) electrons. The predicted octanol–water partition coefficient (Wildman–Crippen LogP) is 2.52. The maximum Gasteiger partial charge on any atom is 0.238 e. The van der Waals surface area contributed by atoms with E-state index in [9.17, 15) is 14.3 Å². The Morgan fingerprint density at radius 3 is 2.67 bits per heavy atom. The van der Waals surface area contributed by atoms with E-state index in [2.05, 4.69) is 22.0 Å². The molecular formula is C23H30FN3O3. The number of β-amino-alcohol motifs (C(OH)–C–C–N with tert-alkyl or cyclic N) is 1. The molecule has 3 rings (SSSR count). The molecular weight excluding hydrogens is 385 g/mol. The molecule has 2 aromatic carbocycles. The van der Waals surface area contributed by atoms with Gasteiger partial charge in [-0.2, -0.15) is 0 Å². The lowest BCUT2D eigenvalue weighted by Gasteiger charge is -2.40. The van der Waals surface area contributed by atoms with Gasteiger partial charge in [-0.3, -0.25) is 14.6 Å². The molecule has 0 saturated carbocycles. The first-order valence-electron chi connectivity index (χ1n) is 10.3. The van der Waals surface area contributed by atoms with E-state index in [4.69, 9.17) is 4.74 Å². The van der Waals surface area contributed by atoms with Crippen molar-refractivity contribution in [3.63, 3.8) is 0 Å². The second kappa shape index (κ2) is 10.5. The van der Waals surface area contributed by atoms with Crippen molar-refractivity contribution in [2.24, 2.45) is 0 Å². The highest BCUT2D eigenvalue weighted by Gasteiger charge is 2.26. The highest BCUT2D eigenvalue weighted by molar-refractivity contribution is 5.92. The van der Waals surface area contributed by atoms with Crippen molar-refractivity contribution in [3.05, 3.63) is 59.9 Å². The summed E-state index contributed by atoms with van der Waals surface area (Å²) in [5.41, 5.74) is 1.95. The smallest absolute Gasteiger partial charge is 0.238 e. The van der Waals surface area contributed by atoms with Crippen LogP contribution in [0.15, 0.2) is 48.5 Å². The zero-order valence-corrected chi connectivity index (χ0v) is 17.6. The zero-order valence-electron chi connectivity index (χ0n) is 17.6. The lowest BCUT2D eigenvalue weighted by atomic mass is 10.1. The molecule has 162 valence electrons. The standard InChI is InChI=1S/C23H30FN3O3/c1-17-7-9-19(10-8-17)25-23(29)15-26-11-12-27(18(2)13-26)14-20(28)16-30-22-6-4-3-5-21(22)24/h3-10,18,20,28H,11-16H2,1-2H3,(H,25,29)/t18-,20-/m0/s1. The lowest BCUT2D eigenvalue weighted by Crippen LogP contribution is -2.55. The van der Waals surface area contributed by atoms with Crippen LogP contribution in [0.3, 0.4) is 0 Å². The monoisotopic (exact) mass is 415 g/mol. The van der Waals surface area contributed by atoms with E-state index in [1.165, 1.54) is 6.07 Å². The van der Waals surface area contributed by atoms with Crippen molar-refractivity contribution >= 4 is 11.6 Å². The molecule has 6 nitrogen and oxygen atoms in total. The largest absolute Gasteiger partial charge is 0.488 e. The Balaban J connectivity index is 1.40. The molecule has 1 saturated heterocycles. The van der Waals surface area contributed by atoms with Crippen LogP contribution < -0.4 is 10.1 Å². The van der Waals surface area contributed by atoms with Crippen molar-refractivity contribution < 1.29 is 19.0 Å². The number of anilines is 1. The van der Waals surface area contributed by atoms with Gasteiger partial charge < -0.3 is 15.2 Å². The van der Waals surface area contributed by atoms with Crippen LogP contribution in [0.25, 0.3) is 0 Å². The molecule has 0 aromatic heterocycles. The van der Waals surface area contributed by atoms with Crippen molar-refractivity contribution in [1.82, 2.24) is 9.80 Å². The highest BCUT2D eigenvalue weighted by Crippen LogP contribution is 2.16. The minimum absolute atomic E-state index is 0.0298. The zero-order chi connectivity index (χ0) is 21.5. The van der Waals surface area contributed by atoms with Gasteiger partial charge in [0.05, 0.1) is 6.54 Å². The Morgan fingerprint density at radius 1 is 1.23 bits per heavy atom. The number of nitrogens with zero attached hydrogens (tertiary/aromatic N) is 2. The molecule has 2 atom stereocenters. The number of carbonyl (C=O) groups is 1. The SMILES string of the molecule is Cc1ccc(NC(=O)CN2CCN(C[C@H](O)COc3ccccc3F)[C@@H](C)C2)cc1. The minimum Gasteiger partial charge on any atom is -0.488 e. The number of benzene rings is 2. The summed E-state index contributed by atoms with van der Waals surface area (Å²) in [5.74, 6) is -0.317. The fourth-order valence-electron chi connectivity index (χ4n) is 3.60. The van der Waals surface area contributed by atoms with E-state index < -0.39 is 11.9 Å². The number of hydrogen-bond donors (Lipinski definition) is 2. The van der Waals surface area contributed by atoms with Crippen molar-refractivity contribution in [2.45, 2.75) is 26.0 Å². The van der Waals surface area contributed by atoms with Crippen LogP contribution in [0.4, 0.5) is 10.1 Å². The van der Waals surface area contributed by atoms with Crippen LogP contribution in [0.1, 0.15) is 12.5 Å². The van der Waals surface area contributed by atoms with E-state index in [0.29, 0.717) is 13.1 Å². The number of aliphatic hydroxyl groups excluding tert-OH is 1. The van der Waals surface area contributed by atoms with Gasteiger partial charge >= 0.3 is 0 Å². The average Bonchev–Trinajstić information content (AvgIpc) is 2.71. The molecule has 0 unspecified atom stereocenters. The first-order valence-corrected chi connectivity index (χ1v) is 10.3. The molecule has 7 heteroatoms. The van der Waals surface area contributed by atoms with E-state index in [-0.39, 0.29) is 24.3 Å². The molecule has 0 spiro atoms. The van der Waals surface area contributed by atoms with Gasteiger partial charge in [-0.25, -0.2) is 4.39 Å². The van der Waals surface area contributed by atoms with Gasteiger partial charge in [-0.1, -0.05) is 29.8 Å². The van der Waals surface area contributed by atoms with Crippen LogP contribution in [-0.2, 0) is 4.79 Å². The molecule has 2 N–H and O–H groups in total. The summed E-state index contributed by atoms with van der Waals surface area (Å²) in [6.45, 7) is 7.13. The third kappa shape index (κ3) is 6.52. The Bertz CT molecular complexity index is 831. The Hall–Kier alpha value is -2.48. The molecule has 1 aliphatic rings. The summed E-state index contributed by atoms with van der Waals surface area (Å²) in [4.78, 5) is 16.6. The average molecular weight is 416 g/mol. The topological polar surface area (TPSA) is 65.0 Å². The van der Waals surface area contributed by atoms with Gasteiger partial charge in [-0.15, -0.1) is 0 Å². The Labute approximate surface area is 177 Å². The number of halogens is 1. The van der Waals surface area contributed by atoms with Crippen LogP contribution in [-0.4, -0.2) is 72.3 Å². The maximum atomic E-state index is 13.6. The number of aryl methyl sites for hydroxylation is 1. The quantitative estimate of drug-likeness (QED) is 0.694. The summed E-state index contributed by atoms with van der Waals surface area (Å²) >= 11 is 0. The summed E-state index contributed by atoms with van der Waals surface area (Å²) in [6, 6.07) is 14.1. The molecule has 2 aromatic rings. The summed E-state index contributed by atoms with van der Waals surface area (Å²) < 4.78 is 19.0. The fraction of sp³-hybridized carbons (Fsp3) is 0.435. The maximum absolute atomic E-state index is 13.6. The molecule has 1 amide bonds. The third-order valence-electron chi connectivity index (χ3n) is 5.26. The van der Waals surface area contributed by atoms with E-state index in [1.54, 1.807) is 18.2 Å². The number of para-hydroxylation sites is 1. The number of amides is 1. The van der Waals surface area contributed by atoms with Crippen LogP contribution in [0.2, 0.25) is 0 Å². The van der Waals surface area contributed by atoms with Gasteiger partial charge in [-0.05, 0) is 38.1 Å². The van der Waals surface area contributed by atoms with Crippen molar-refractivity contribution in [1.29, 1.82) is 0 Å². The molecule has 0 aliphatic carbocycles. The third-order valence-corrected chi connectivity index (χ3v) is 5.26. The number of nitrogens with one attached hydrogen (secondary N) is 1. The fourth-order valence-corrected chi connectivity index (χ4v) is 3.60. The predicted molar refractivity (Wildman–Crippen MR) is 115 cm³/mol. The number of rotatable bonds is 8. The second-order valence-corrected chi connectivity index (χ2v) is 7.89. The van der Waals surface area contributed by atoms with Crippen LogP contribution in [0, 0.1) is 12.7 Å². The second-order valence-electron chi connectivity index (χ2n) is 7.89. The van der Waals surface area contributed by atoms with E-state index in [1.807, 2.05) is 31.2 Å². The first kappa shape index (κ1) is 22.2. The lowest BCUT2D eigenvalue weighted by molar-refractivity contribution is -0.118.